The SMILES string of the molecule is O/N=C(\Cn1cncn1)c1ccccc1. The Bertz CT molecular complexity index is 436. The van der Waals surface area contributed by atoms with Crippen LogP contribution in [0.15, 0.2) is 48.1 Å². The third-order valence-corrected chi connectivity index (χ3v) is 2.01. The molecule has 0 aliphatic carbocycles. The average molecular weight is 202 g/mol. The molecule has 0 spiro atoms. The van der Waals surface area contributed by atoms with Crippen LogP contribution in [0, 0.1) is 0 Å². The van der Waals surface area contributed by atoms with Crippen molar-refractivity contribution in [3.63, 3.8) is 0 Å². The van der Waals surface area contributed by atoms with E-state index in [4.69, 9.17) is 5.21 Å². The predicted octanol–water partition coefficient (Wildman–Crippen LogP) is 1.16. The maximum absolute atomic E-state index is 8.90. The summed E-state index contributed by atoms with van der Waals surface area (Å²) in [5.41, 5.74) is 1.43. The van der Waals surface area contributed by atoms with E-state index in [2.05, 4.69) is 15.2 Å². The van der Waals surface area contributed by atoms with Crippen molar-refractivity contribution >= 4 is 5.71 Å². The molecule has 0 amide bonds. The minimum Gasteiger partial charge on any atom is -0.411 e. The molecule has 5 heteroatoms. The van der Waals surface area contributed by atoms with Crippen molar-refractivity contribution in [2.75, 3.05) is 0 Å². The van der Waals surface area contributed by atoms with Crippen molar-refractivity contribution in [2.24, 2.45) is 5.16 Å². The summed E-state index contributed by atoms with van der Waals surface area (Å²) in [6.07, 6.45) is 3.02. The van der Waals surface area contributed by atoms with Gasteiger partial charge in [-0.2, -0.15) is 5.10 Å². The molecular formula is C10H10N4O. The molecule has 0 aliphatic heterocycles. The van der Waals surface area contributed by atoms with Crippen molar-refractivity contribution in [2.45, 2.75) is 6.54 Å². The van der Waals surface area contributed by atoms with Crippen LogP contribution in [0.5, 0.6) is 0 Å². The van der Waals surface area contributed by atoms with E-state index in [0.29, 0.717) is 12.3 Å². The minimum absolute atomic E-state index is 0.403. The standard InChI is InChI=1S/C10H10N4O/c15-13-10(6-14-8-11-7-12-14)9-4-2-1-3-5-9/h1-5,7-8,15H,6H2/b13-10+. The molecule has 5 nitrogen and oxygen atoms in total. The summed E-state index contributed by atoms with van der Waals surface area (Å²) in [6, 6.07) is 9.45. The lowest BCUT2D eigenvalue weighted by molar-refractivity contribution is 0.317. The van der Waals surface area contributed by atoms with Gasteiger partial charge in [0.2, 0.25) is 0 Å². The van der Waals surface area contributed by atoms with Crippen LogP contribution in [0.2, 0.25) is 0 Å². The van der Waals surface area contributed by atoms with Gasteiger partial charge in [-0.1, -0.05) is 35.5 Å². The Balaban J connectivity index is 2.20. The highest BCUT2D eigenvalue weighted by atomic mass is 16.4. The molecule has 0 aliphatic rings. The fourth-order valence-electron chi connectivity index (χ4n) is 1.28. The molecular weight excluding hydrogens is 192 g/mol. The first-order valence-electron chi connectivity index (χ1n) is 4.49. The number of hydrogen-bond acceptors (Lipinski definition) is 4. The second kappa shape index (κ2) is 4.36. The molecule has 1 heterocycles. The Hall–Kier alpha value is -2.17. The molecule has 76 valence electrons. The van der Waals surface area contributed by atoms with E-state index in [0.717, 1.165) is 5.56 Å². The normalized spacial score (nSPS) is 11.6. The van der Waals surface area contributed by atoms with E-state index in [1.54, 1.807) is 11.0 Å². The fraction of sp³-hybridized carbons (Fsp3) is 0.100. The van der Waals surface area contributed by atoms with Gasteiger partial charge in [0, 0.05) is 5.56 Å². The summed E-state index contributed by atoms with van der Waals surface area (Å²) in [4.78, 5) is 3.82. The summed E-state index contributed by atoms with van der Waals surface area (Å²) in [6.45, 7) is 0.403. The lowest BCUT2D eigenvalue weighted by atomic mass is 10.1. The first-order valence-corrected chi connectivity index (χ1v) is 4.49. The summed E-state index contributed by atoms with van der Waals surface area (Å²) >= 11 is 0. The third-order valence-electron chi connectivity index (χ3n) is 2.01. The van der Waals surface area contributed by atoms with Gasteiger partial charge in [0.25, 0.3) is 0 Å². The van der Waals surface area contributed by atoms with Gasteiger partial charge in [-0.3, -0.25) is 0 Å². The fourth-order valence-corrected chi connectivity index (χ4v) is 1.28. The van der Waals surface area contributed by atoms with Crippen molar-refractivity contribution < 1.29 is 5.21 Å². The van der Waals surface area contributed by atoms with E-state index in [-0.39, 0.29) is 0 Å². The van der Waals surface area contributed by atoms with E-state index < -0.39 is 0 Å². The van der Waals surface area contributed by atoms with Crippen LogP contribution >= 0.6 is 0 Å². The first kappa shape index (κ1) is 9.39. The molecule has 2 aromatic rings. The Morgan fingerprint density at radius 1 is 1.33 bits per heavy atom. The van der Waals surface area contributed by atoms with Crippen LogP contribution in [0.25, 0.3) is 0 Å². The van der Waals surface area contributed by atoms with Gasteiger partial charge >= 0.3 is 0 Å². The van der Waals surface area contributed by atoms with Gasteiger partial charge in [-0.15, -0.1) is 0 Å². The summed E-state index contributed by atoms with van der Waals surface area (Å²) in [7, 11) is 0. The highest BCUT2D eigenvalue weighted by Gasteiger charge is 2.04. The smallest absolute Gasteiger partial charge is 0.137 e. The highest BCUT2D eigenvalue weighted by molar-refractivity contribution is 5.99. The third kappa shape index (κ3) is 2.19. The maximum atomic E-state index is 8.90. The van der Waals surface area contributed by atoms with Gasteiger partial charge in [0.05, 0.1) is 6.54 Å². The largest absolute Gasteiger partial charge is 0.411 e. The van der Waals surface area contributed by atoms with E-state index in [1.807, 2.05) is 30.3 Å². The lowest BCUT2D eigenvalue weighted by Crippen LogP contribution is -2.12. The molecule has 1 N–H and O–H groups in total. The molecule has 0 atom stereocenters. The number of oxime groups is 1. The Morgan fingerprint density at radius 3 is 2.73 bits per heavy atom. The zero-order chi connectivity index (χ0) is 10.5. The van der Waals surface area contributed by atoms with Crippen molar-refractivity contribution in [1.29, 1.82) is 0 Å². The van der Waals surface area contributed by atoms with Crippen LogP contribution in [-0.2, 0) is 6.54 Å². The van der Waals surface area contributed by atoms with Crippen molar-refractivity contribution in [1.82, 2.24) is 14.8 Å². The van der Waals surface area contributed by atoms with Crippen molar-refractivity contribution in [3.8, 4) is 0 Å². The molecule has 0 fully saturated rings. The zero-order valence-corrected chi connectivity index (χ0v) is 7.98. The van der Waals surface area contributed by atoms with Gasteiger partial charge in [0.1, 0.15) is 18.4 Å². The van der Waals surface area contributed by atoms with Crippen LogP contribution in [0.4, 0.5) is 0 Å². The second-order valence-electron chi connectivity index (χ2n) is 3.01. The van der Waals surface area contributed by atoms with Gasteiger partial charge in [0.15, 0.2) is 0 Å². The molecule has 2 rings (SSSR count). The van der Waals surface area contributed by atoms with E-state index >= 15 is 0 Å². The van der Waals surface area contributed by atoms with Gasteiger partial charge in [-0.25, -0.2) is 9.67 Å². The number of hydrogen-bond donors (Lipinski definition) is 1. The van der Waals surface area contributed by atoms with E-state index in [1.165, 1.54) is 6.33 Å². The zero-order valence-electron chi connectivity index (χ0n) is 7.98. The average Bonchev–Trinajstić information content (AvgIpc) is 2.80. The number of nitrogens with zero attached hydrogens (tertiary/aromatic N) is 4. The molecule has 0 saturated carbocycles. The van der Waals surface area contributed by atoms with Gasteiger partial charge in [-0.05, 0) is 0 Å². The van der Waals surface area contributed by atoms with Crippen molar-refractivity contribution in [3.05, 3.63) is 48.5 Å². The monoisotopic (exact) mass is 202 g/mol. The highest BCUT2D eigenvalue weighted by Crippen LogP contribution is 2.02. The summed E-state index contributed by atoms with van der Waals surface area (Å²) in [5, 5.41) is 16.1. The number of aromatic nitrogens is 3. The number of rotatable bonds is 3. The minimum atomic E-state index is 0.403. The molecule has 1 aromatic carbocycles. The molecule has 0 bridgehead atoms. The topological polar surface area (TPSA) is 63.3 Å². The lowest BCUT2D eigenvalue weighted by Gasteiger charge is -2.03. The molecule has 0 unspecified atom stereocenters. The molecule has 15 heavy (non-hydrogen) atoms. The summed E-state index contributed by atoms with van der Waals surface area (Å²) < 4.78 is 1.60. The van der Waals surface area contributed by atoms with Gasteiger partial charge < -0.3 is 5.21 Å². The summed E-state index contributed by atoms with van der Waals surface area (Å²) in [5.74, 6) is 0. The van der Waals surface area contributed by atoms with Crippen LogP contribution in [0.1, 0.15) is 5.56 Å². The quantitative estimate of drug-likeness (QED) is 0.461. The Morgan fingerprint density at radius 2 is 2.13 bits per heavy atom. The maximum Gasteiger partial charge on any atom is 0.137 e. The number of benzene rings is 1. The first-order chi connectivity index (χ1) is 7.40. The predicted molar refractivity (Wildman–Crippen MR) is 54.8 cm³/mol. The van der Waals surface area contributed by atoms with Crippen LogP contribution in [0.3, 0.4) is 0 Å². The second-order valence-corrected chi connectivity index (χ2v) is 3.01. The van der Waals surface area contributed by atoms with E-state index in [9.17, 15) is 0 Å². The molecule has 0 saturated heterocycles. The molecule has 1 aromatic heterocycles. The van der Waals surface area contributed by atoms with Crippen LogP contribution in [-0.4, -0.2) is 25.7 Å². The van der Waals surface area contributed by atoms with Crippen LogP contribution < -0.4 is 0 Å². The Kier molecular flexibility index (Phi) is 2.73. The Labute approximate surface area is 86.7 Å². The molecule has 0 radical (unpaired) electrons.